The van der Waals surface area contributed by atoms with E-state index in [-0.39, 0.29) is 11.7 Å². The smallest absolute Gasteiger partial charge is 0.281 e. The van der Waals surface area contributed by atoms with E-state index in [0.29, 0.717) is 36.5 Å². The maximum absolute atomic E-state index is 13.2. The molecule has 1 aromatic heterocycles. The third-order valence-corrected chi connectivity index (χ3v) is 6.37. The van der Waals surface area contributed by atoms with Crippen molar-refractivity contribution in [3.8, 4) is 0 Å². The molecule has 3 aliphatic rings. The first kappa shape index (κ1) is 20.2. The van der Waals surface area contributed by atoms with Crippen molar-refractivity contribution >= 4 is 23.1 Å². The van der Waals surface area contributed by atoms with Crippen LogP contribution in [-0.2, 0) is 4.74 Å². The van der Waals surface area contributed by atoms with Gasteiger partial charge in [-0.1, -0.05) is 0 Å². The van der Waals surface area contributed by atoms with E-state index < -0.39 is 6.43 Å². The average Bonchev–Trinajstić information content (AvgIpc) is 3.34. The molecule has 0 saturated carbocycles. The van der Waals surface area contributed by atoms with E-state index in [9.17, 15) is 8.78 Å². The van der Waals surface area contributed by atoms with Crippen molar-refractivity contribution in [2.45, 2.75) is 25.3 Å². The lowest BCUT2D eigenvalue weighted by molar-refractivity contribution is 0.103. The van der Waals surface area contributed by atoms with E-state index in [1.54, 1.807) is 6.20 Å². The van der Waals surface area contributed by atoms with Crippen molar-refractivity contribution in [2.75, 3.05) is 40.0 Å². The number of rotatable bonds is 6. The Morgan fingerprint density at radius 3 is 2.86 bits per heavy atom. The SMILES string of the molecule is CN1CN2C=CN=C(OCC3CCN(C(CN)c4scnc4C(F)F)CC3)C2=N1. The number of ether oxygens (including phenoxy) is 1. The number of hydrogen-bond acceptors (Lipinski definition) is 9. The van der Waals surface area contributed by atoms with Crippen LogP contribution in [0, 0.1) is 5.92 Å². The van der Waals surface area contributed by atoms with E-state index in [2.05, 4.69) is 20.0 Å². The molecule has 0 aromatic carbocycles. The fraction of sp³-hybridized carbons (Fsp3) is 0.611. The zero-order valence-electron chi connectivity index (χ0n) is 16.2. The van der Waals surface area contributed by atoms with Crippen LogP contribution in [0.4, 0.5) is 8.78 Å². The highest BCUT2D eigenvalue weighted by Gasteiger charge is 2.32. The monoisotopic (exact) mass is 425 g/mol. The summed E-state index contributed by atoms with van der Waals surface area (Å²) >= 11 is 1.26. The van der Waals surface area contributed by atoms with Gasteiger partial charge >= 0.3 is 0 Å². The molecular weight excluding hydrogens is 400 g/mol. The van der Waals surface area contributed by atoms with Gasteiger partial charge in [-0.05, 0) is 31.8 Å². The lowest BCUT2D eigenvalue weighted by Gasteiger charge is -2.37. The van der Waals surface area contributed by atoms with E-state index >= 15 is 0 Å². The Hall–Kier alpha value is -2.11. The third kappa shape index (κ3) is 4.26. The first-order chi connectivity index (χ1) is 14.1. The number of piperidine rings is 1. The maximum Gasteiger partial charge on any atom is 0.281 e. The second-order valence-electron chi connectivity index (χ2n) is 7.37. The van der Waals surface area contributed by atoms with Crippen LogP contribution in [0.3, 0.4) is 0 Å². The predicted octanol–water partition coefficient (Wildman–Crippen LogP) is 2.21. The molecular formula is C18H25F2N7OS. The molecule has 1 unspecified atom stereocenters. The first-order valence-electron chi connectivity index (χ1n) is 9.66. The van der Waals surface area contributed by atoms with E-state index in [1.807, 2.05) is 23.2 Å². The number of amidine groups is 1. The largest absolute Gasteiger partial charge is 0.475 e. The quantitative estimate of drug-likeness (QED) is 0.753. The first-order valence-corrected chi connectivity index (χ1v) is 10.5. The minimum atomic E-state index is -2.57. The van der Waals surface area contributed by atoms with Crippen LogP contribution in [0.1, 0.15) is 35.9 Å². The Morgan fingerprint density at radius 2 is 2.14 bits per heavy atom. The number of nitrogens with zero attached hydrogens (tertiary/aromatic N) is 6. The molecule has 4 rings (SSSR count). The number of halogens is 2. The van der Waals surface area contributed by atoms with Gasteiger partial charge in [0.2, 0.25) is 5.84 Å². The minimum Gasteiger partial charge on any atom is -0.475 e. The van der Waals surface area contributed by atoms with Gasteiger partial charge in [0.1, 0.15) is 12.4 Å². The zero-order valence-corrected chi connectivity index (χ0v) is 17.1. The van der Waals surface area contributed by atoms with Crippen molar-refractivity contribution in [1.82, 2.24) is 19.8 Å². The summed E-state index contributed by atoms with van der Waals surface area (Å²) in [6, 6.07) is -0.210. The summed E-state index contributed by atoms with van der Waals surface area (Å²) in [6.07, 6.45) is 2.86. The van der Waals surface area contributed by atoms with Crippen molar-refractivity contribution in [3.63, 3.8) is 0 Å². The van der Waals surface area contributed by atoms with Gasteiger partial charge in [-0.3, -0.25) is 9.91 Å². The number of nitrogens with two attached hydrogens (primary N) is 1. The standard InChI is InChI=1S/C18H25F2N7OS/c1-25-11-27-7-4-22-18(17(27)24-25)28-9-12-2-5-26(6-3-12)13(8-21)15-14(16(19)20)23-10-29-15/h4,7,10,12-13,16H,2-3,5-6,8-9,11,21H2,1H3. The van der Waals surface area contributed by atoms with Crippen LogP contribution in [0.25, 0.3) is 0 Å². The number of alkyl halides is 2. The highest BCUT2D eigenvalue weighted by atomic mass is 32.1. The minimum absolute atomic E-state index is 0.133. The molecule has 0 radical (unpaired) electrons. The lowest BCUT2D eigenvalue weighted by atomic mass is 9.96. The molecule has 0 aliphatic carbocycles. The number of fused-ring (bicyclic) bond motifs is 1. The summed E-state index contributed by atoms with van der Waals surface area (Å²) in [5.41, 5.74) is 7.28. The lowest BCUT2D eigenvalue weighted by Crippen LogP contribution is -2.41. The Labute approximate surface area is 172 Å². The van der Waals surface area contributed by atoms with Gasteiger partial charge in [-0.2, -0.15) is 5.10 Å². The molecule has 29 heavy (non-hydrogen) atoms. The van der Waals surface area contributed by atoms with E-state index in [4.69, 9.17) is 10.5 Å². The van der Waals surface area contributed by atoms with E-state index in [0.717, 1.165) is 31.8 Å². The summed E-state index contributed by atoms with van der Waals surface area (Å²) in [4.78, 5) is 12.9. The van der Waals surface area contributed by atoms with Crippen LogP contribution in [0.5, 0.6) is 0 Å². The molecule has 8 nitrogen and oxygen atoms in total. The summed E-state index contributed by atoms with van der Waals surface area (Å²) in [6.45, 7) is 3.13. The molecule has 0 amide bonds. The second kappa shape index (κ2) is 8.72. The number of aromatic nitrogens is 1. The highest BCUT2D eigenvalue weighted by molar-refractivity contribution is 7.09. The van der Waals surface area contributed by atoms with Crippen molar-refractivity contribution < 1.29 is 13.5 Å². The average molecular weight is 426 g/mol. The van der Waals surface area contributed by atoms with Crippen molar-refractivity contribution in [3.05, 3.63) is 28.5 Å². The van der Waals surface area contributed by atoms with Gasteiger partial charge in [0.15, 0.2) is 0 Å². The van der Waals surface area contributed by atoms with Gasteiger partial charge in [-0.15, -0.1) is 11.3 Å². The normalized spacial score (nSPS) is 21.4. The number of likely N-dealkylation sites (tertiary alicyclic amines) is 1. The molecule has 1 atom stereocenters. The van der Waals surface area contributed by atoms with E-state index in [1.165, 1.54) is 16.8 Å². The number of aliphatic imine (C=N–C) groups is 1. The topological polar surface area (TPSA) is 82.6 Å². The molecule has 158 valence electrons. The molecule has 4 heterocycles. The summed E-state index contributed by atoms with van der Waals surface area (Å²) < 4.78 is 32.4. The van der Waals surface area contributed by atoms with Crippen LogP contribution in [0.2, 0.25) is 0 Å². The molecule has 3 aliphatic heterocycles. The predicted molar refractivity (Wildman–Crippen MR) is 108 cm³/mol. The number of thiazole rings is 1. The van der Waals surface area contributed by atoms with Crippen molar-refractivity contribution in [2.24, 2.45) is 21.7 Å². The van der Waals surface area contributed by atoms with Gasteiger partial charge in [0, 0.05) is 26.0 Å². The molecule has 1 aromatic rings. The summed E-state index contributed by atoms with van der Waals surface area (Å²) in [5.74, 6) is 1.66. The molecule has 1 fully saturated rings. The Kier molecular flexibility index (Phi) is 6.07. The van der Waals surface area contributed by atoms with Crippen LogP contribution in [-0.4, -0.2) is 71.5 Å². The second-order valence-corrected chi connectivity index (χ2v) is 8.26. The molecule has 0 bridgehead atoms. The van der Waals surface area contributed by atoms with Gasteiger partial charge in [0.25, 0.3) is 12.3 Å². The number of hydrogen-bond donors (Lipinski definition) is 1. The fourth-order valence-corrected chi connectivity index (χ4v) is 4.83. The third-order valence-electron chi connectivity index (χ3n) is 5.43. The van der Waals surface area contributed by atoms with Crippen LogP contribution < -0.4 is 5.73 Å². The molecule has 1 saturated heterocycles. The molecule has 2 N–H and O–H groups in total. The Morgan fingerprint density at radius 1 is 1.34 bits per heavy atom. The van der Waals surface area contributed by atoms with Gasteiger partial charge < -0.3 is 15.4 Å². The zero-order chi connectivity index (χ0) is 20.4. The Bertz CT molecular complexity index is 804. The van der Waals surface area contributed by atoms with Gasteiger partial charge in [-0.25, -0.2) is 18.8 Å². The number of hydrazone groups is 1. The molecule has 0 spiro atoms. The molecule has 11 heteroatoms. The summed E-state index contributed by atoms with van der Waals surface area (Å²) in [7, 11) is 1.91. The van der Waals surface area contributed by atoms with Crippen LogP contribution >= 0.6 is 11.3 Å². The van der Waals surface area contributed by atoms with Gasteiger partial charge in [0.05, 0.1) is 23.0 Å². The Balaban J connectivity index is 1.31. The van der Waals surface area contributed by atoms with Crippen molar-refractivity contribution in [1.29, 1.82) is 0 Å². The summed E-state index contributed by atoms with van der Waals surface area (Å²) in [5, 5.41) is 6.27. The van der Waals surface area contributed by atoms with Crippen LogP contribution in [0.15, 0.2) is 28.0 Å². The fourth-order valence-electron chi connectivity index (χ4n) is 3.89. The maximum atomic E-state index is 13.2. The highest BCUT2D eigenvalue weighted by Crippen LogP contribution is 2.34.